The van der Waals surface area contributed by atoms with Gasteiger partial charge in [0.15, 0.2) is 6.10 Å². The van der Waals surface area contributed by atoms with Crippen molar-refractivity contribution in [1.29, 1.82) is 0 Å². The largest absolute Gasteiger partial charge is 0.479 e. The number of hydrogen-bond acceptors (Lipinski definition) is 3. The summed E-state index contributed by atoms with van der Waals surface area (Å²) in [6, 6.07) is 22.8. The number of fused-ring (bicyclic) bond motifs is 1. The van der Waals surface area contributed by atoms with Gasteiger partial charge in [-0.2, -0.15) is 0 Å². The number of halogens is 1. The summed E-state index contributed by atoms with van der Waals surface area (Å²) in [4.78, 5) is 17.2. The van der Waals surface area contributed by atoms with Crippen LogP contribution in [0.2, 0.25) is 5.02 Å². The number of carbonyl (C=O) groups is 1. The van der Waals surface area contributed by atoms with Gasteiger partial charge in [-0.25, -0.2) is 9.78 Å². The summed E-state index contributed by atoms with van der Waals surface area (Å²) >= 11 is 6.15. The summed E-state index contributed by atoms with van der Waals surface area (Å²) < 4.78 is 6.04. The van der Waals surface area contributed by atoms with Crippen LogP contribution in [0.15, 0.2) is 72.8 Å². The Morgan fingerprint density at radius 1 is 1.00 bits per heavy atom. The maximum atomic E-state index is 12.4. The SMILES string of the molecule is Cc1cc2nc(C#Cc3ccccc3)ccc2c(-c2ccc(Cl)cc2)c1C(OC(C)(C)C)C(=O)O. The minimum atomic E-state index is -1.15. The number of carboxylic acid groups (broad SMARTS) is 1. The third-order valence-electron chi connectivity index (χ3n) is 5.44. The maximum absolute atomic E-state index is 12.4. The van der Waals surface area contributed by atoms with Crippen LogP contribution in [-0.2, 0) is 9.53 Å². The normalized spacial score (nSPS) is 12.1. The Balaban J connectivity index is 1.95. The average molecular weight is 484 g/mol. The molecule has 4 nitrogen and oxygen atoms in total. The minimum absolute atomic E-state index is 0.601. The third kappa shape index (κ3) is 5.71. The standard InChI is InChI=1S/C30H26ClNO3/c1-19-18-25-24(17-16-23(32-25)15-10-20-8-6-5-7-9-20)27(21-11-13-22(31)14-12-21)26(19)28(29(33)34)35-30(2,3)4/h5-9,11-14,16-18,28H,1-4H3,(H,33,34). The second-order valence-corrected chi connectivity index (χ2v) is 9.75. The molecule has 0 spiro atoms. The van der Waals surface area contributed by atoms with Crippen molar-refractivity contribution in [2.24, 2.45) is 0 Å². The van der Waals surface area contributed by atoms with Crippen molar-refractivity contribution >= 4 is 28.5 Å². The van der Waals surface area contributed by atoms with E-state index in [0.717, 1.165) is 33.2 Å². The minimum Gasteiger partial charge on any atom is -0.479 e. The second kappa shape index (κ2) is 9.92. The number of benzene rings is 3. The molecule has 1 aromatic heterocycles. The van der Waals surface area contributed by atoms with Gasteiger partial charge in [-0.15, -0.1) is 0 Å². The van der Waals surface area contributed by atoms with Crippen LogP contribution in [0.5, 0.6) is 0 Å². The van der Waals surface area contributed by atoms with Gasteiger partial charge in [-0.1, -0.05) is 47.9 Å². The Labute approximate surface area is 210 Å². The predicted octanol–water partition coefficient (Wildman–Crippen LogP) is 7.20. The predicted molar refractivity (Wildman–Crippen MR) is 141 cm³/mol. The molecule has 4 rings (SSSR count). The second-order valence-electron chi connectivity index (χ2n) is 9.32. The van der Waals surface area contributed by atoms with Gasteiger partial charge < -0.3 is 9.84 Å². The van der Waals surface area contributed by atoms with Gasteiger partial charge in [-0.05, 0) is 92.8 Å². The van der Waals surface area contributed by atoms with E-state index in [-0.39, 0.29) is 0 Å². The Morgan fingerprint density at radius 2 is 1.69 bits per heavy atom. The van der Waals surface area contributed by atoms with E-state index in [4.69, 9.17) is 21.3 Å². The molecule has 0 fully saturated rings. The quantitative estimate of drug-likeness (QED) is 0.312. The van der Waals surface area contributed by atoms with E-state index >= 15 is 0 Å². The molecule has 1 heterocycles. The van der Waals surface area contributed by atoms with Crippen molar-refractivity contribution in [3.8, 4) is 23.0 Å². The first-order valence-electron chi connectivity index (χ1n) is 11.3. The van der Waals surface area contributed by atoms with Crippen molar-refractivity contribution in [3.63, 3.8) is 0 Å². The smallest absolute Gasteiger partial charge is 0.337 e. The maximum Gasteiger partial charge on any atom is 0.337 e. The highest BCUT2D eigenvalue weighted by Crippen LogP contribution is 2.40. The van der Waals surface area contributed by atoms with Crippen molar-refractivity contribution in [2.75, 3.05) is 0 Å². The number of rotatable bonds is 4. The van der Waals surface area contributed by atoms with Gasteiger partial charge in [-0.3, -0.25) is 0 Å². The Hall–Kier alpha value is -3.65. The van der Waals surface area contributed by atoms with Crippen molar-refractivity contribution in [1.82, 2.24) is 4.98 Å². The van der Waals surface area contributed by atoms with E-state index in [1.54, 1.807) is 12.1 Å². The summed E-state index contributed by atoms with van der Waals surface area (Å²) in [5.74, 6) is 5.22. The molecule has 1 N–H and O–H groups in total. The van der Waals surface area contributed by atoms with Gasteiger partial charge in [0.05, 0.1) is 11.1 Å². The number of aryl methyl sites for hydroxylation is 1. The van der Waals surface area contributed by atoms with E-state index in [0.29, 0.717) is 16.3 Å². The van der Waals surface area contributed by atoms with Gasteiger partial charge in [0, 0.05) is 21.5 Å². The van der Waals surface area contributed by atoms with E-state index in [2.05, 4.69) is 11.8 Å². The highest BCUT2D eigenvalue weighted by atomic mass is 35.5. The van der Waals surface area contributed by atoms with Crippen LogP contribution in [0.4, 0.5) is 0 Å². The molecule has 0 amide bonds. The fourth-order valence-electron chi connectivity index (χ4n) is 4.00. The zero-order valence-electron chi connectivity index (χ0n) is 20.1. The zero-order valence-corrected chi connectivity index (χ0v) is 20.9. The first kappa shape index (κ1) is 24.5. The lowest BCUT2D eigenvalue weighted by molar-refractivity contribution is -0.160. The molecular formula is C30H26ClNO3. The molecule has 176 valence electrons. The molecule has 1 atom stereocenters. The molecule has 0 aliphatic rings. The molecule has 0 bridgehead atoms. The number of pyridine rings is 1. The molecular weight excluding hydrogens is 458 g/mol. The molecule has 0 aliphatic heterocycles. The summed E-state index contributed by atoms with van der Waals surface area (Å²) in [6.07, 6.45) is -1.15. The monoisotopic (exact) mass is 483 g/mol. The van der Waals surface area contributed by atoms with Crippen LogP contribution in [0, 0.1) is 18.8 Å². The fraction of sp³-hybridized carbons (Fsp3) is 0.200. The molecule has 0 aliphatic carbocycles. The summed E-state index contributed by atoms with van der Waals surface area (Å²) in [7, 11) is 0. The van der Waals surface area contributed by atoms with Crippen molar-refractivity contribution in [2.45, 2.75) is 39.4 Å². The topological polar surface area (TPSA) is 59.4 Å². The van der Waals surface area contributed by atoms with Crippen LogP contribution in [-0.4, -0.2) is 21.7 Å². The van der Waals surface area contributed by atoms with Crippen molar-refractivity contribution < 1.29 is 14.6 Å². The van der Waals surface area contributed by atoms with Crippen LogP contribution in [0.1, 0.15) is 49.3 Å². The van der Waals surface area contributed by atoms with Gasteiger partial charge in [0.25, 0.3) is 0 Å². The van der Waals surface area contributed by atoms with Gasteiger partial charge in [0.2, 0.25) is 0 Å². The van der Waals surface area contributed by atoms with Gasteiger partial charge >= 0.3 is 5.97 Å². The number of ether oxygens (including phenoxy) is 1. The molecule has 3 aromatic carbocycles. The summed E-state index contributed by atoms with van der Waals surface area (Å²) in [6.45, 7) is 7.43. The first-order chi connectivity index (χ1) is 16.6. The third-order valence-corrected chi connectivity index (χ3v) is 5.69. The molecule has 5 heteroatoms. The van der Waals surface area contributed by atoms with Crippen molar-refractivity contribution in [3.05, 3.63) is 100 Å². The molecule has 0 saturated carbocycles. The van der Waals surface area contributed by atoms with Crippen LogP contribution >= 0.6 is 11.6 Å². The highest BCUT2D eigenvalue weighted by molar-refractivity contribution is 6.30. The highest BCUT2D eigenvalue weighted by Gasteiger charge is 2.31. The molecule has 1 unspecified atom stereocenters. The number of hydrogen-bond donors (Lipinski definition) is 1. The number of aliphatic carboxylic acids is 1. The molecule has 0 radical (unpaired) electrons. The van der Waals surface area contributed by atoms with Crippen LogP contribution in [0.3, 0.4) is 0 Å². The summed E-state index contributed by atoms with van der Waals surface area (Å²) in [5.41, 5.74) is 4.61. The van der Waals surface area contributed by atoms with E-state index in [1.165, 1.54) is 0 Å². The lowest BCUT2D eigenvalue weighted by atomic mass is 9.88. The number of carboxylic acids is 1. The first-order valence-corrected chi connectivity index (χ1v) is 11.7. The summed E-state index contributed by atoms with van der Waals surface area (Å²) in [5, 5.41) is 11.6. The molecule has 35 heavy (non-hydrogen) atoms. The number of aromatic nitrogens is 1. The Bertz CT molecular complexity index is 1440. The van der Waals surface area contributed by atoms with Gasteiger partial charge in [0.1, 0.15) is 5.69 Å². The lowest BCUT2D eigenvalue weighted by Crippen LogP contribution is -2.28. The fourth-order valence-corrected chi connectivity index (χ4v) is 4.13. The Morgan fingerprint density at radius 3 is 2.31 bits per heavy atom. The van der Waals surface area contributed by atoms with E-state index in [9.17, 15) is 9.90 Å². The lowest BCUT2D eigenvalue weighted by Gasteiger charge is -2.28. The zero-order chi connectivity index (χ0) is 25.2. The number of nitrogens with zero attached hydrogens (tertiary/aromatic N) is 1. The Kier molecular flexibility index (Phi) is 6.93. The molecule has 4 aromatic rings. The van der Waals surface area contributed by atoms with Crippen LogP contribution in [0.25, 0.3) is 22.0 Å². The average Bonchev–Trinajstić information content (AvgIpc) is 2.81. The molecule has 0 saturated heterocycles. The van der Waals surface area contributed by atoms with Crippen LogP contribution < -0.4 is 0 Å². The van der Waals surface area contributed by atoms with E-state index in [1.807, 2.05) is 88.4 Å². The van der Waals surface area contributed by atoms with E-state index < -0.39 is 17.7 Å².